The maximum Gasteiger partial charge on any atom is 0.320 e. The summed E-state index contributed by atoms with van der Waals surface area (Å²) in [5.74, 6) is 0.706. The second-order valence-electron chi connectivity index (χ2n) is 7.69. The first-order valence-electron chi connectivity index (χ1n) is 9.44. The Bertz CT molecular complexity index is 745. The van der Waals surface area contributed by atoms with E-state index in [1.165, 1.54) is 0 Å². The number of benzene rings is 1. The van der Waals surface area contributed by atoms with Gasteiger partial charge >= 0.3 is 6.03 Å². The van der Waals surface area contributed by atoms with Gasteiger partial charge in [0.25, 0.3) is 0 Å². The number of nitrogens with one attached hydrogen (secondary N) is 2. The van der Waals surface area contributed by atoms with Crippen LogP contribution in [0.25, 0.3) is 11.1 Å². The largest absolute Gasteiger partial charge is 0.379 e. The summed E-state index contributed by atoms with van der Waals surface area (Å²) in [6.07, 6.45) is 1.81. The molecule has 0 bridgehead atoms. The van der Waals surface area contributed by atoms with E-state index in [0.29, 0.717) is 12.4 Å². The molecule has 2 aromatic rings. The van der Waals surface area contributed by atoms with Gasteiger partial charge in [0.15, 0.2) is 0 Å². The summed E-state index contributed by atoms with van der Waals surface area (Å²) in [6.45, 7) is 11.0. The molecule has 2 N–H and O–H groups in total. The fourth-order valence-electron chi connectivity index (χ4n) is 3.11. The molecule has 1 aromatic heterocycles. The average Bonchev–Trinajstić information content (AvgIpc) is 3.07. The molecule has 1 aliphatic rings. The van der Waals surface area contributed by atoms with Crippen molar-refractivity contribution in [1.82, 2.24) is 20.0 Å². The van der Waals surface area contributed by atoms with Crippen LogP contribution in [0.15, 0.2) is 36.5 Å². The zero-order valence-corrected chi connectivity index (χ0v) is 16.4. The third-order valence-corrected chi connectivity index (χ3v) is 4.54. The molecule has 1 fully saturated rings. The molecule has 146 valence electrons. The lowest BCUT2D eigenvalue weighted by Gasteiger charge is -2.26. The molecule has 0 atom stereocenters. The van der Waals surface area contributed by atoms with Crippen molar-refractivity contribution in [2.45, 2.75) is 26.3 Å². The number of amides is 2. The highest BCUT2D eigenvalue weighted by Gasteiger charge is 2.23. The van der Waals surface area contributed by atoms with Gasteiger partial charge in [0, 0.05) is 31.7 Å². The highest BCUT2D eigenvalue weighted by atomic mass is 16.5. The Morgan fingerprint density at radius 1 is 1.19 bits per heavy atom. The van der Waals surface area contributed by atoms with Gasteiger partial charge in [-0.25, -0.2) is 9.48 Å². The van der Waals surface area contributed by atoms with E-state index in [4.69, 9.17) is 4.74 Å². The predicted octanol–water partition coefficient (Wildman–Crippen LogP) is 2.76. The lowest BCUT2D eigenvalue weighted by Crippen LogP contribution is -2.42. The highest BCUT2D eigenvalue weighted by Crippen LogP contribution is 2.31. The van der Waals surface area contributed by atoms with E-state index in [0.717, 1.165) is 44.0 Å². The van der Waals surface area contributed by atoms with Crippen molar-refractivity contribution in [3.8, 4) is 11.1 Å². The van der Waals surface area contributed by atoms with Crippen molar-refractivity contribution in [1.29, 1.82) is 0 Å². The zero-order chi connectivity index (χ0) is 19.3. The van der Waals surface area contributed by atoms with Crippen molar-refractivity contribution in [2.75, 3.05) is 44.7 Å². The molecule has 0 aliphatic carbocycles. The van der Waals surface area contributed by atoms with E-state index in [1.807, 2.05) is 41.2 Å². The minimum Gasteiger partial charge on any atom is -0.379 e. The van der Waals surface area contributed by atoms with E-state index in [9.17, 15) is 4.79 Å². The van der Waals surface area contributed by atoms with Crippen molar-refractivity contribution in [2.24, 2.45) is 0 Å². The molecule has 2 heterocycles. The Kier molecular flexibility index (Phi) is 6.13. The molecular formula is C20H29N5O2. The van der Waals surface area contributed by atoms with Gasteiger partial charge in [0.2, 0.25) is 0 Å². The lowest BCUT2D eigenvalue weighted by atomic mass is 10.1. The smallest absolute Gasteiger partial charge is 0.320 e. The highest BCUT2D eigenvalue weighted by molar-refractivity contribution is 5.93. The number of aromatic nitrogens is 2. The molecule has 1 aliphatic heterocycles. The fraction of sp³-hybridized carbons (Fsp3) is 0.500. The van der Waals surface area contributed by atoms with Crippen LogP contribution in [-0.2, 0) is 10.3 Å². The summed E-state index contributed by atoms with van der Waals surface area (Å²) in [5, 5.41) is 10.5. The van der Waals surface area contributed by atoms with E-state index in [-0.39, 0.29) is 11.6 Å². The number of hydrogen-bond donors (Lipinski definition) is 2. The summed E-state index contributed by atoms with van der Waals surface area (Å²) in [4.78, 5) is 14.8. The van der Waals surface area contributed by atoms with E-state index in [1.54, 1.807) is 0 Å². The monoisotopic (exact) mass is 371 g/mol. The number of carbonyl (C=O) groups is 1. The summed E-state index contributed by atoms with van der Waals surface area (Å²) in [7, 11) is 0. The predicted molar refractivity (Wildman–Crippen MR) is 107 cm³/mol. The van der Waals surface area contributed by atoms with Crippen molar-refractivity contribution in [3.05, 3.63) is 36.5 Å². The van der Waals surface area contributed by atoms with Crippen LogP contribution >= 0.6 is 0 Å². The molecule has 27 heavy (non-hydrogen) atoms. The molecule has 0 unspecified atom stereocenters. The van der Waals surface area contributed by atoms with Gasteiger partial charge in [-0.1, -0.05) is 30.3 Å². The number of carbonyl (C=O) groups excluding carboxylic acids is 1. The second kappa shape index (κ2) is 8.54. The average molecular weight is 371 g/mol. The summed E-state index contributed by atoms with van der Waals surface area (Å²) in [6, 6.07) is 9.76. The third kappa shape index (κ3) is 5.08. The van der Waals surface area contributed by atoms with Crippen LogP contribution in [0.2, 0.25) is 0 Å². The Morgan fingerprint density at radius 2 is 1.89 bits per heavy atom. The molecule has 0 spiro atoms. The Hall–Kier alpha value is -2.38. The first-order chi connectivity index (χ1) is 12.9. The van der Waals surface area contributed by atoms with Gasteiger partial charge in [-0.05, 0) is 26.3 Å². The van der Waals surface area contributed by atoms with Gasteiger partial charge in [-0.2, -0.15) is 5.10 Å². The third-order valence-electron chi connectivity index (χ3n) is 4.54. The molecule has 3 rings (SSSR count). The number of urea groups is 1. The first-order valence-corrected chi connectivity index (χ1v) is 9.44. The van der Waals surface area contributed by atoms with E-state index >= 15 is 0 Å². The van der Waals surface area contributed by atoms with E-state index < -0.39 is 0 Å². The summed E-state index contributed by atoms with van der Waals surface area (Å²) in [5.41, 5.74) is 1.69. The van der Waals surface area contributed by atoms with Crippen LogP contribution in [0, 0.1) is 0 Å². The normalized spacial score (nSPS) is 15.5. The number of hydrogen-bond acceptors (Lipinski definition) is 4. The fourth-order valence-corrected chi connectivity index (χ4v) is 3.11. The minimum atomic E-state index is -0.247. The van der Waals surface area contributed by atoms with Crippen molar-refractivity contribution in [3.63, 3.8) is 0 Å². The molecule has 1 saturated heterocycles. The van der Waals surface area contributed by atoms with Crippen LogP contribution < -0.4 is 10.6 Å². The lowest BCUT2D eigenvalue weighted by molar-refractivity contribution is 0.0388. The SMILES string of the molecule is CC(C)(C)n1ncc(-c2ccccc2)c1NC(=O)NCCN1CCOCC1. The van der Waals surface area contributed by atoms with Crippen LogP contribution in [0.3, 0.4) is 0 Å². The molecule has 7 heteroatoms. The van der Waals surface area contributed by atoms with Crippen LogP contribution in [-0.4, -0.2) is 60.1 Å². The molecule has 7 nitrogen and oxygen atoms in total. The summed E-state index contributed by atoms with van der Waals surface area (Å²) >= 11 is 0. The quantitative estimate of drug-likeness (QED) is 0.848. The number of ether oxygens (including phenoxy) is 1. The first kappa shape index (κ1) is 19.4. The molecule has 2 amide bonds. The zero-order valence-electron chi connectivity index (χ0n) is 16.4. The topological polar surface area (TPSA) is 71.4 Å². The Balaban J connectivity index is 1.68. The molecule has 1 aromatic carbocycles. The number of anilines is 1. The van der Waals surface area contributed by atoms with Crippen molar-refractivity contribution < 1.29 is 9.53 Å². The number of rotatable bonds is 5. The maximum atomic E-state index is 12.5. The van der Waals surface area contributed by atoms with Gasteiger partial charge in [0.1, 0.15) is 5.82 Å². The molecular weight excluding hydrogens is 342 g/mol. The number of morpholine rings is 1. The van der Waals surface area contributed by atoms with Gasteiger partial charge in [0.05, 0.1) is 24.9 Å². The molecule has 0 saturated carbocycles. The standard InChI is InChI=1S/C20H29N5O2/c1-20(2,3)25-18(17(15-22-25)16-7-5-4-6-8-16)23-19(26)21-9-10-24-11-13-27-14-12-24/h4-8,15H,9-14H2,1-3H3,(H2,21,23,26). The van der Waals surface area contributed by atoms with E-state index in [2.05, 4.69) is 41.4 Å². The summed E-state index contributed by atoms with van der Waals surface area (Å²) < 4.78 is 7.20. The van der Waals surface area contributed by atoms with Crippen molar-refractivity contribution >= 4 is 11.8 Å². The molecule has 0 radical (unpaired) electrons. The Labute approximate surface area is 160 Å². The minimum absolute atomic E-state index is 0.216. The van der Waals surface area contributed by atoms with Gasteiger partial charge in [-0.15, -0.1) is 0 Å². The van der Waals surface area contributed by atoms with Gasteiger partial charge < -0.3 is 10.1 Å². The maximum absolute atomic E-state index is 12.5. The second-order valence-corrected chi connectivity index (χ2v) is 7.69. The Morgan fingerprint density at radius 3 is 2.56 bits per heavy atom. The number of nitrogens with zero attached hydrogens (tertiary/aromatic N) is 3. The van der Waals surface area contributed by atoms with Crippen LogP contribution in [0.5, 0.6) is 0 Å². The van der Waals surface area contributed by atoms with Crippen LogP contribution in [0.1, 0.15) is 20.8 Å². The van der Waals surface area contributed by atoms with Gasteiger partial charge in [-0.3, -0.25) is 10.2 Å². The van der Waals surface area contributed by atoms with Crippen LogP contribution in [0.4, 0.5) is 10.6 Å².